The van der Waals surface area contributed by atoms with Crippen LogP contribution >= 0.6 is 0 Å². The summed E-state index contributed by atoms with van der Waals surface area (Å²) in [5.41, 5.74) is 1.90. The fourth-order valence-electron chi connectivity index (χ4n) is 1.98. The van der Waals surface area contributed by atoms with Crippen LogP contribution in [0.25, 0.3) is 0 Å². The summed E-state index contributed by atoms with van der Waals surface area (Å²) in [5, 5.41) is 20.2. The standard InChI is InChI=1S/C13H20N4O4/c1-2-3-7-16(8-9-18)13(19)10-5-4-6-11(15-14)12(10)17(20)21/h4-6,15,18H,2-3,7-9,14H2,1H3. The summed E-state index contributed by atoms with van der Waals surface area (Å²) in [4.78, 5) is 24.4. The molecule has 0 spiro atoms. The molecular weight excluding hydrogens is 276 g/mol. The van der Waals surface area contributed by atoms with Gasteiger partial charge >= 0.3 is 5.69 Å². The van der Waals surface area contributed by atoms with Crippen LogP contribution in [0, 0.1) is 10.1 Å². The highest BCUT2D eigenvalue weighted by molar-refractivity contribution is 6.00. The summed E-state index contributed by atoms with van der Waals surface area (Å²) in [6.45, 7) is 2.35. The Bertz CT molecular complexity index is 507. The van der Waals surface area contributed by atoms with Crippen LogP contribution in [-0.4, -0.2) is 40.5 Å². The smallest absolute Gasteiger partial charge is 0.306 e. The maximum Gasteiger partial charge on any atom is 0.306 e. The Hall–Kier alpha value is -2.19. The Balaban J connectivity index is 3.17. The number of unbranched alkanes of at least 4 members (excludes halogenated alkanes) is 1. The lowest BCUT2D eigenvalue weighted by atomic mass is 10.1. The molecule has 0 heterocycles. The van der Waals surface area contributed by atoms with Gasteiger partial charge in [0.2, 0.25) is 0 Å². The molecule has 1 amide bonds. The largest absolute Gasteiger partial charge is 0.395 e. The number of nitrogens with one attached hydrogen (secondary N) is 1. The van der Waals surface area contributed by atoms with Gasteiger partial charge in [0.15, 0.2) is 0 Å². The second-order valence-electron chi connectivity index (χ2n) is 4.47. The van der Waals surface area contributed by atoms with Crippen molar-refractivity contribution in [2.24, 2.45) is 5.84 Å². The molecule has 21 heavy (non-hydrogen) atoms. The maximum atomic E-state index is 12.5. The predicted octanol–water partition coefficient (Wildman–Crippen LogP) is 1.12. The summed E-state index contributed by atoms with van der Waals surface area (Å²) < 4.78 is 0. The van der Waals surface area contributed by atoms with Gasteiger partial charge in [-0.3, -0.25) is 20.8 Å². The molecule has 8 heteroatoms. The fourth-order valence-corrected chi connectivity index (χ4v) is 1.98. The number of anilines is 1. The van der Waals surface area contributed by atoms with Crippen LogP contribution < -0.4 is 11.3 Å². The van der Waals surface area contributed by atoms with Crippen LogP contribution in [0.3, 0.4) is 0 Å². The summed E-state index contributed by atoms with van der Waals surface area (Å²) in [6.07, 6.45) is 1.63. The van der Waals surface area contributed by atoms with Crippen molar-refractivity contribution >= 4 is 17.3 Å². The Kier molecular flexibility index (Phi) is 6.57. The number of nitro benzene ring substituents is 1. The van der Waals surface area contributed by atoms with Gasteiger partial charge in [-0.15, -0.1) is 0 Å². The van der Waals surface area contributed by atoms with Crippen molar-refractivity contribution in [3.8, 4) is 0 Å². The van der Waals surface area contributed by atoms with Crippen molar-refractivity contribution in [2.45, 2.75) is 19.8 Å². The maximum absolute atomic E-state index is 12.5. The molecule has 0 saturated heterocycles. The number of nitrogen functional groups attached to an aromatic ring is 1. The van der Waals surface area contributed by atoms with Crippen molar-refractivity contribution in [3.05, 3.63) is 33.9 Å². The molecule has 4 N–H and O–H groups in total. The number of nitrogens with zero attached hydrogens (tertiary/aromatic N) is 2. The Morgan fingerprint density at radius 1 is 1.48 bits per heavy atom. The molecule has 0 atom stereocenters. The average Bonchev–Trinajstić information content (AvgIpc) is 2.49. The summed E-state index contributed by atoms with van der Waals surface area (Å²) >= 11 is 0. The van der Waals surface area contributed by atoms with E-state index in [1.165, 1.54) is 23.1 Å². The van der Waals surface area contributed by atoms with Crippen molar-refractivity contribution in [1.82, 2.24) is 4.90 Å². The van der Waals surface area contributed by atoms with Crippen molar-refractivity contribution in [2.75, 3.05) is 25.1 Å². The number of hydrazine groups is 1. The Morgan fingerprint density at radius 3 is 2.71 bits per heavy atom. The van der Waals surface area contributed by atoms with E-state index in [1.54, 1.807) is 0 Å². The summed E-state index contributed by atoms with van der Waals surface area (Å²) in [7, 11) is 0. The first kappa shape index (κ1) is 16.9. The topological polar surface area (TPSA) is 122 Å². The predicted molar refractivity (Wildman–Crippen MR) is 78.8 cm³/mol. The molecule has 0 aliphatic heterocycles. The second kappa shape index (κ2) is 8.18. The number of para-hydroxylation sites is 1. The molecule has 0 unspecified atom stereocenters. The molecule has 1 aromatic carbocycles. The van der Waals surface area contributed by atoms with E-state index in [9.17, 15) is 14.9 Å². The lowest BCUT2D eigenvalue weighted by molar-refractivity contribution is -0.384. The Morgan fingerprint density at radius 2 is 2.19 bits per heavy atom. The number of rotatable bonds is 8. The molecule has 1 aromatic rings. The van der Waals surface area contributed by atoms with E-state index in [4.69, 9.17) is 10.9 Å². The normalized spacial score (nSPS) is 10.2. The van der Waals surface area contributed by atoms with Gasteiger partial charge in [0.25, 0.3) is 5.91 Å². The van der Waals surface area contributed by atoms with E-state index in [-0.39, 0.29) is 30.1 Å². The van der Waals surface area contributed by atoms with E-state index in [0.29, 0.717) is 6.54 Å². The van der Waals surface area contributed by atoms with Gasteiger partial charge in [0, 0.05) is 13.1 Å². The number of amides is 1. The molecular formula is C13H20N4O4. The van der Waals surface area contributed by atoms with E-state index in [2.05, 4.69) is 5.43 Å². The van der Waals surface area contributed by atoms with Gasteiger partial charge in [-0.1, -0.05) is 19.4 Å². The van der Waals surface area contributed by atoms with Crippen LogP contribution in [0.15, 0.2) is 18.2 Å². The number of nitro groups is 1. The number of hydrogen-bond donors (Lipinski definition) is 3. The van der Waals surface area contributed by atoms with E-state index in [1.807, 2.05) is 6.92 Å². The zero-order valence-electron chi connectivity index (χ0n) is 11.9. The third-order valence-electron chi connectivity index (χ3n) is 3.04. The first-order chi connectivity index (χ1) is 10.1. The van der Waals surface area contributed by atoms with Gasteiger partial charge in [0.05, 0.1) is 11.5 Å². The van der Waals surface area contributed by atoms with Gasteiger partial charge < -0.3 is 15.4 Å². The number of carbonyl (C=O) groups is 1. The van der Waals surface area contributed by atoms with Gasteiger partial charge in [-0.2, -0.15) is 0 Å². The summed E-state index contributed by atoms with van der Waals surface area (Å²) in [5.74, 6) is 4.77. The number of carbonyl (C=O) groups excluding carboxylic acids is 1. The van der Waals surface area contributed by atoms with Gasteiger partial charge in [0.1, 0.15) is 11.3 Å². The molecule has 0 aliphatic rings. The third-order valence-corrected chi connectivity index (χ3v) is 3.04. The van der Waals surface area contributed by atoms with Crippen molar-refractivity contribution < 1.29 is 14.8 Å². The average molecular weight is 296 g/mol. The van der Waals surface area contributed by atoms with Crippen molar-refractivity contribution in [1.29, 1.82) is 0 Å². The monoisotopic (exact) mass is 296 g/mol. The number of aliphatic hydroxyl groups excluding tert-OH is 1. The zero-order chi connectivity index (χ0) is 15.8. The number of aliphatic hydroxyl groups is 1. The first-order valence-corrected chi connectivity index (χ1v) is 6.70. The zero-order valence-corrected chi connectivity index (χ0v) is 11.9. The molecule has 1 rings (SSSR count). The number of nitrogens with two attached hydrogens (primary N) is 1. The summed E-state index contributed by atoms with van der Waals surface area (Å²) in [6, 6.07) is 4.33. The third kappa shape index (κ3) is 4.14. The Labute approximate surface area is 122 Å². The quantitative estimate of drug-likeness (QED) is 0.375. The number of hydrogen-bond acceptors (Lipinski definition) is 6. The van der Waals surface area contributed by atoms with E-state index in [0.717, 1.165) is 12.8 Å². The van der Waals surface area contributed by atoms with Crippen LogP contribution in [0.5, 0.6) is 0 Å². The van der Waals surface area contributed by atoms with Crippen molar-refractivity contribution in [3.63, 3.8) is 0 Å². The lowest BCUT2D eigenvalue weighted by Crippen LogP contribution is -2.35. The fraction of sp³-hybridized carbons (Fsp3) is 0.462. The molecule has 116 valence electrons. The molecule has 8 nitrogen and oxygen atoms in total. The van der Waals surface area contributed by atoms with E-state index < -0.39 is 10.8 Å². The molecule has 0 aliphatic carbocycles. The minimum atomic E-state index is -0.640. The second-order valence-corrected chi connectivity index (χ2v) is 4.47. The van der Waals surface area contributed by atoms with Gasteiger partial charge in [-0.25, -0.2) is 0 Å². The first-order valence-electron chi connectivity index (χ1n) is 6.70. The molecule has 0 radical (unpaired) electrons. The highest BCUT2D eigenvalue weighted by atomic mass is 16.6. The highest BCUT2D eigenvalue weighted by Crippen LogP contribution is 2.28. The highest BCUT2D eigenvalue weighted by Gasteiger charge is 2.27. The minimum Gasteiger partial charge on any atom is -0.395 e. The number of benzene rings is 1. The molecule has 0 fully saturated rings. The van der Waals surface area contributed by atoms with Crippen LogP contribution in [0.2, 0.25) is 0 Å². The lowest BCUT2D eigenvalue weighted by Gasteiger charge is -2.21. The van der Waals surface area contributed by atoms with Crippen LogP contribution in [-0.2, 0) is 0 Å². The van der Waals surface area contributed by atoms with Crippen LogP contribution in [0.4, 0.5) is 11.4 Å². The van der Waals surface area contributed by atoms with Crippen LogP contribution in [0.1, 0.15) is 30.1 Å². The molecule has 0 saturated carbocycles. The van der Waals surface area contributed by atoms with Gasteiger partial charge in [-0.05, 0) is 18.6 Å². The molecule has 0 aromatic heterocycles. The molecule has 0 bridgehead atoms. The minimum absolute atomic E-state index is 0.0417. The van der Waals surface area contributed by atoms with E-state index >= 15 is 0 Å². The SMILES string of the molecule is CCCCN(CCO)C(=O)c1cccc(NN)c1[N+](=O)[O-].